The molecule has 0 atom stereocenters. The highest BCUT2D eigenvalue weighted by Crippen LogP contribution is 2.20. The summed E-state index contributed by atoms with van der Waals surface area (Å²) in [4.78, 5) is 12.3. The minimum atomic E-state index is -0.295. The second-order valence-electron chi connectivity index (χ2n) is 4.83. The van der Waals surface area contributed by atoms with Gasteiger partial charge in [0, 0.05) is 12.1 Å². The molecule has 1 heterocycles. The third-order valence-corrected chi connectivity index (χ3v) is 3.31. The van der Waals surface area contributed by atoms with Crippen molar-refractivity contribution in [1.82, 2.24) is 15.5 Å². The predicted octanol–water partition coefficient (Wildman–Crippen LogP) is 3.15. The molecule has 1 aromatic heterocycles. The molecule has 0 unspecified atom stereocenters. The van der Waals surface area contributed by atoms with Crippen LogP contribution < -0.4 is 5.32 Å². The van der Waals surface area contributed by atoms with E-state index in [2.05, 4.69) is 15.5 Å². The highest BCUT2D eigenvalue weighted by Gasteiger charge is 2.14. The largest absolute Gasteiger partial charge is 0.348 e. The van der Waals surface area contributed by atoms with E-state index in [9.17, 15) is 9.18 Å². The van der Waals surface area contributed by atoms with Crippen molar-refractivity contribution < 1.29 is 9.18 Å². The van der Waals surface area contributed by atoms with Crippen LogP contribution in [0.1, 0.15) is 15.9 Å². The van der Waals surface area contributed by atoms with Gasteiger partial charge in [-0.2, -0.15) is 5.10 Å². The first-order valence-corrected chi connectivity index (χ1v) is 6.85. The smallest absolute Gasteiger partial charge is 0.255 e. The first-order chi connectivity index (χ1) is 10.7. The number of aromatic amines is 1. The quantitative estimate of drug-likeness (QED) is 0.777. The molecule has 0 aliphatic heterocycles. The van der Waals surface area contributed by atoms with Gasteiger partial charge in [-0.1, -0.05) is 42.5 Å². The van der Waals surface area contributed by atoms with Gasteiger partial charge in [-0.25, -0.2) is 4.39 Å². The molecule has 110 valence electrons. The number of rotatable bonds is 4. The molecule has 2 aromatic carbocycles. The zero-order valence-corrected chi connectivity index (χ0v) is 11.7. The zero-order valence-electron chi connectivity index (χ0n) is 11.7. The van der Waals surface area contributed by atoms with Crippen molar-refractivity contribution in [2.45, 2.75) is 6.54 Å². The summed E-state index contributed by atoms with van der Waals surface area (Å²) < 4.78 is 12.8. The fraction of sp³-hybridized carbons (Fsp3) is 0.0588. The Bertz CT molecular complexity index is 766. The third-order valence-electron chi connectivity index (χ3n) is 3.31. The van der Waals surface area contributed by atoms with Gasteiger partial charge < -0.3 is 5.32 Å². The molecule has 3 rings (SSSR count). The lowest BCUT2D eigenvalue weighted by Crippen LogP contribution is -2.22. The average molecular weight is 295 g/mol. The second kappa shape index (κ2) is 6.22. The number of H-pyrrole nitrogens is 1. The molecule has 0 radical (unpaired) electrons. The van der Waals surface area contributed by atoms with E-state index >= 15 is 0 Å². The Labute approximate surface area is 127 Å². The van der Waals surface area contributed by atoms with Crippen molar-refractivity contribution in [3.05, 3.63) is 77.7 Å². The molecule has 0 saturated heterocycles. The predicted molar refractivity (Wildman–Crippen MR) is 81.6 cm³/mol. The summed E-state index contributed by atoms with van der Waals surface area (Å²) in [5, 5.41) is 9.61. The van der Waals surface area contributed by atoms with Gasteiger partial charge in [0.1, 0.15) is 5.82 Å². The Morgan fingerprint density at radius 3 is 2.55 bits per heavy atom. The third kappa shape index (κ3) is 3.03. The molecule has 2 N–H and O–H groups in total. The highest BCUT2D eigenvalue weighted by atomic mass is 19.1. The van der Waals surface area contributed by atoms with Crippen LogP contribution in [0.2, 0.25) is 0 Å². The van der Waals surface area contributed by atoms with Gasteiger partial charge >= 0.3 is 0 Å². The summed E-state index contributed by atoms with van der Waals surface area (Å²) in [5.41, 5.74) is 2.89. The van der Waals surface area contributed by atoms with E-state index in [0.717, 1.165) is 11.1 Å². The number of aromatic nitrogens is 2. The molecule has 0 fully saturated rings. The number of carbonyl (C=O) groups is 1. The van der Waals surface area contributed by atoms with Gasteiger partial charge in [0.15, 0.2) is 0 Å². The Morgan fingerprint density at radius 1 is 1.09 bits per heavy atom. The Hall–Kier alpha value is -2.95. The number of hydrogen-bond donors (Lipinski definition) is 2. The summed E-state index contributed by atoms with van der Waals surface area (Å²) in [6.07, 6.45) is 1.50. The van der Waals surface area contributed by atoms with Crippen molar-refractivity contribution in [1.29, 1.82) is 0 Å². The summed E-state index contributed by atoms with van der Waals surface area (Å²) in [6, 6.07) is 15.5. The molecule has 5 heteroatoms. The number of amides is 1. The van der Waals surface area contributed by atoms with Crippen LogP contribution >= 0.6 is 0 Å². The van der Waals surface area contributed by atoms with E-state index in [4.69, 9.17) is 0 Å². The van der Waals surface area contributed by atoms with Gasteiger partial charge in [-0.3, -0.25) is 9.89 Å². The molecular formula is C17H14FN3O. The number of nitrogens with zero attached hydrogens (tertiary/aromatic N) is 1. The Morgan fingerprint density at radius 2 is 1.82 bits per heavy atom. The van der Waals surface area contributed by atoms with Crippen molar-refractivity contribution >= 4 is 5.91 Å². The number of carbonyl (C=O) groups excluding carboxylic acids is 1. The molecule has 0 saturated carbocycles. The molecular weight excluding hydrogens is 281 g/mol. The molecule has 4 nitrogen and oxygen atoms in total. The van der Waals surface area contributed by atoms with Gasteiger partial charge in [0.25, 0.3) is 5.91 Å². The van der Waals surface area contributed by atoms with Crippen LogP contribution in [-0.2, 0) is 6.54 Å². The first-order valence-electron chi connectivity index (χ1n) is 6.85. The fourth-order valence-electron chi connectivity index (χ4n) is 2.16. The maximum absolute atomic E-state index is 12.8. The summed E-state index contributed by atoms with van der Waals surface area (Å²) in [6.45, 7) is 0.332. The number of hydrogen-bond acceptors (Lipinski definition) is 2. The number of benzene rings is 2. The van der Waals surface area contributed by atoms with Crippen LogP contribution in [0.25, 0.3) is 11.3 Å². The van der Waals surface area contributed by atoms with Gasteiger partial charge in [0.05, 0.1) is 17.5 Å². The van der Waals surface area contributed by atoms with Crippen molar-refractivity contribution in [2.24, 2.45) is 0 Å². The van der Waals surface area contributed by atoms with E-state index in [1.54, 1.807) is 12.1 Å². The van der Waals surface area contributed by atoms with Crippen LogP contribution in [0.5, 0.6) is 0 Å². The van der Waals surface area contributed by atoms with Crippen molar-refractivity contribution in [3.8, 4) is 11.3 Å². The van der Waals surface area contributed by atoms with Crippen LogP contribution in [0, 0.1) is 5.82 Å². The number of halogens is 1. The maximum Gasteiger partial charge on any atom is 0.255 e. The Balaban J connectivity index is 1.73. The molecule has 0 bridgehead atoms. The van der Waals surface area contributed by atoms with E-state index in [1.165, 1.54) is 18.3 Å². The maximum atomic E-state index is 12.8. The summed E-state index contributed by atoms with van der Waals surface area (Å²) >= 11 is 0. The van der Waals surface area contributed by atoms with Gasteiger partial charge in [-0.15, -0.1) is 0 Å². The van der Waals surface area contributed by atoms with Crippen LogP contribution in [0.15, 0.2) is 60.8 Å². The molecule has 0 spiro atoms. The SMILES string of the molecule is O=C(NCc1ccc(F)cc1)c1cn[nH]c1-c1ccccc1. The molecule has 3 aromatic rings. The normalized spacial score (nSPS) is 10.4. The first kappa shape index (κ1) is 14.0. The molecule has 22 heavy (non-hydrogen) atoms. The molecule has 0 aliphatic carbocycles. The van der Waals surface area contributed by atoms with Crippen molar-refractivity contribution in [2.75, 3.05) is 0 Å². The van der Waals surface area contributed by atoms with E-state index in [1.807, 2.05) is 30.3 Å². The lowest BCUT2D eigenvalue weighted by atomic mass is 10.1. The van der Waals surface area contributed by atoms with Crippen LogP contribution in [0.3, 0.4) is 0 Å². The average Bonchev–Trinajstić information content (AvgIpc) is 3.04. The van der Waals surface area contributed by atoms with Gasteiger partial charge in [-0.05, 0) is 17.7 Å². The van der Waals surface area contributed by atoms with Crippen LogP contribution in [0.4, 0.5) is 4.39 Å². The highest BCUT2D eigenvalue weighted by molar-refractivity contribution is 5.99. The van der Waals surface area contributed by atoms with E-state index in [-0.39, 0.29) is 11.7 Å². The van der Waals surface area contributed by atoms with Crippen LogP contribution in [-0.4, -0.2) is 16.1 Å². The topological polar surface area (TPSA) is 57.8 Å². The zero-order chi connectivity index (χ0) is 15.4. The lowest BCUT2D eigenvalue weighted by Gasteiger charge is -2.06. The summed E-state index contributed by atoms with van der Waals surface area (Å²) in [7, 11) is 0. The minimum absolute atomic E-state index is 0.225. The lowest BCUT2D eigenvalue weighted by molar-refractivity contribution is 0.0951. The minimum Gasteiger partial charge on any atom is -0.348 e. The standard InChI is InChI=1S/C17H14FN3O/c18-14-8-6-12(7-9-14)10-19-17(22)15-11-20-21-16(15)13-4-2-1-3-5-13/h1-9,11H,10H2,(H,19,22)(H,20,21). The second-order valence-corrected chi connectivity index (χ2v) is 4.83. The fourth-order valence-corrected chi connectivity index (χ4v) is 2.16. The monoisotopic (exact) mass is 295 g/mol. The van der Waals surface area contributed by atoms with E-state index < -0.39 is 0 Å². The molecule has 1 amide bonds. The van der Waals surface area contributed by atoms with Gasteiger partial charge in [0.2, 0.25) is 0 Å². The van der Waals surface area contributed by atoms with Crippen molar-refractivity contribution in [3.63, 3.8) is 0 Å². The summed E-state index contributed by atoms with van der Waals surface area (Å²) in [5.74, 6) is -0.520. The number of nitrogens with one attached hydrogen (secondary N) is 2. The molecule has 0 aliphatic rings. The van der Waals surface area contributed by atoms with E-state index in [0.29, 0.717) is 17.8 Å². The Kier molecular flexibility index (Phi) is 3.96.